The summed E-state index contributed by atoms with van der Waals surface area (Å²) in [6.07, 6.45) is 21.2. The van der Waals surface area contributed by atoms with Gasteiger partial charge in [0.25, 0.3) is 0 Å². The van der Waals surface area contributed by atoms with Crippen molar-refractivity contribution in [2.24, 2.45) is 11.8 Å². The Morgan fingerprint density at radius 1 is 0.533 bits per heavy atom. The standard InChI is InChI=1S/C8H16.C7H10/c1-2-4-6-8-7-5-3-1;1-2-7-4-3-6(1)5-7/h1-8H2;1-2,6-7H,3-5H2. The average Bonchev–Trinajstić information content (AvgIpc) is 2.80. The summed E-state index contributed by atoms with van der Waals surface area (Å²) < 4.78 is 0. The first-order valence-electron chi connectivity index (χ1n) is 7.13. The molecule has 0 aliphatic heterocycles. The fraction of sp³-hybridized carbons (Fsp3) is 0.867. The van der Waals surface area contributed by atoms with Gasteiger partial charge in [-0.15, -0.1) is 0 Å². The SMILES string of the molecule is C1=CC2CCC1C2.C1CCCCCCC1. The molecule has 3 rings (SSSR count). The van der Waals surface area contributed by atoms with E-state index in [1.807, 2.05) is 0 Å². The second-order valence-electron chi connectivity index (χ2n) is 5.55. The minimum Gasteiger partial charge on any atom is -0.0851 e. The predicted octanol–water partition coefficient (Wildman–Crippen LogP) is 5.09. The Bertz CT molecular complexity index is 156. The van der Waals surface area contributed by atoms with Gasteiger partial charge in [0, 0.05) is 0 Å². The molecule has 0 heteroatoms. The van der Waals surface area contributed by atoms with Crippen molar-refractivity contribution in [2.45, 2.75) is 70.6 Å². The molecule has 2 atom stereocenters. The van der Waals surface area contributed by atoms with Crippen LogP contribution in [0.2, 0.25) is 0 Å². The van der Waals surface area contributed by atoms with E-state index in [2.05, 4.69) is 12.2 Å². The highest BCUT2D eigenvalue weighted by Gasteiger charge is 2.25. The van der Waals surface area contributed by atoms with E-state index in [1.165, 1.54) is 70.6 Å². The summed E-state index contributed by atoms with van der Waals surface area (Å²) in [7, 11) is 0. The van der Waals surface area contributed by atoms with Crippen molar-refractivity contribution >= 4 is 0 Å². The van der Waals surface area contributed by atoms with Gasteiger partial charge in [-0.05, 0) is 31.1 Å². The molecule has 0 heterocycles. The third-order valence-corrected chi connectivity index (χ3v) is 4.17. The van der Waals surface area contributed by atoms with Gasteiger partial charge in [-0.2, -0.15) is 0 Å². The molecular formula is C15H26. The van der Waals surface area contributed by atoms with E-state index in [9.17, 15) is 0 Å². The van der Waals surface area contributed by atoms with Crippen molar-refractivity contribution in [3.8, 4) is 0 Å². The van der Waals surface area contributed by atoms with Gasteiger partial charge in [0.2, 0.25) is 0 Å². The summed E-state index contributed by atoms with van der Waals surface area (Å²) in [5, 5.41) is 0. The largest absolute Gasteiger partial charge is 0.0851 e. The molecule has 0 radical (unpaired) electrons. The van der Waals surface area contributed by atoms with E-state index in [0.717, 1.165) is 11.8 Å². The summed E-state index contributed by atoms with van der Waals surface area (Å²) in [4.78, 5) is 0. The van der Waals surface area contributed by atoms with Gasteiger partial charge in [-0.25, -0.2) is 0 Å². The molecule has 2 fully saturated rings. The first-order chi connectivity index (χ1) is 7.45. The minimum absolute atomic E-state index is 0.991. The molecule has 2 unspecified atom stereocenters. The van der Waals surface area contributed by atoms with Crippen LogP contribution >= 0.6 is 0 Å². The lowest BCUT2D eigenvalue weighted by Gasteiger charge is -2.05. The summed E-state index contributed by atoms with van der Waals surface area (Å²) in [5.41, 5.74) is 0. The molecule has 0 amide bonds. The van der Waals surface area contributed by atoms with Crippen molar-refractivity contribution < 1.29 is 0 Å². The zero-order chi connectivity index (χ0) is 10.3. The second kappa shape index (κ2) is 6.35. The molecule has 3 aliphatic carbocycles. The van der Waals surface area contributed by atoms with Gasteiger partial charge in [-0.3, -0.25) is 0 Å². The van der Waals surface area contributed by atoms with Crippen LogP contribution in [0.15, 0.2) is 12.2 Å². The smallest absolute Gasteiger partial charge is 0.0228 e. The summed E-state index contributed by atoms with van der Waals surface area (Å²) in [6, 6.07) is 0. The molecule has 0 aromatic carbocycles. The maximum atomic E-state index is 2.38. The molecule has 0 nitrogen and oxygen atoms in total. The predicted molar refractivity (Wildman–Crippen MR) is 66.9 cm³/mol. The van der Waals surface area contributed by atoms with Crippen molar-refractivity contribution in [2.75, 3.05) is 0 Å². The van der Waals surface area contributed by atoms with E-state index in [4.69, 9.17) is 0 Å². The highest BCUT2D eigenvalue weighted by molar-refractivity contribution is 5.06. The van der Waals surface area contributed by atoms with Gasteiger partial charge in [0.1, 0.15) is 0 Å². The van der Waals surface area contributed by atoms with Crippen LogP contribution in [0, 0.1) is 11.8 Å². The quantitative estimate of drug-likeness (QED) is 0.484. The lowest BCUT2D eigenvalue weighted by Crippen LogP contribution is -1.85. The number of hydrogen-bond donors (Lipinski definition) is 0. The lowest BCUT2D eigenvalue weighted by molar-refractivity contribution is 0.504. The molecule has 0 aromatic rings. The second-order valence-corrected chi connectivity index (χ2v) is 5.55. The van der Waals surface area contributed by atoms with Crippen LogP contribution in [0.3, 0.4) is 0 Å². The Labute approximate surface area is 95.1 Å². The topological polar surface area (TPSA) is 0 Å². The molecule has 2 saturated carbocycles. The Morgan fingerprint density at radius 2 is 0.867 bits per heavy atom. The Hall–Kier alpha value is -0.260. The first kappa shape index (κ1) is 11.2. The van der Waals surface area contributed by atoms with E-state index < -0.39 is 0 Å². The number of fused-ring (bicyclic) bond motifs is 2. The molecule has 0 N–H and O–H groups in total. The van der Waals surface area contributed by atoms with E-state index >= 15 is 0 Å². The van der Waals surface area contributed by atoms with Crippen LogP contribution in [-0.2, 0) is 0 Å². The van der Waals surface area contributed by atoms with Crippen LogP contribution in [-0.4, -0.2) is 0 Å². The van der Waals surface area contributed by atoms with E-state index in [-0.39, 0.29) is 0 Å². The molecular weight excluding hydrogens is 180 g/mol. The maximum Gasteiger partial charge on any atom is -0.0228 e. The van der Waals surface area contributed by atoms with Crippen molar-refractivity contribution in [3.05, 3.63) is 12.2 Å². The zero-order valence-electron chi connectivity index (χ0n) is 10.1. The zero-order valence-corrected chi connectivity index (χ0v) is 10.1. The normalized spacial score (nSPS) is 34.1. The van der Waals surface area contributed by atoms with Crippen LogP contribution in [0.1, 0.15) is 70.6 Å². The first-order valence-corrected chi connectivity index (χ1v) is 7.13. The third-order valence-electron chi connectivity index (χ3n) is 4.17. The minimum atomic E-state index is 0.991. The van der Waals surface area contributed by atoms with Crippen molar-refractivity contribution in [3.63, 3.8) is 0 Å². The van der Waals surface area contributed by atoms with E-state index in [0.29, 0.717) is 0 Å². The highest BCUT2D eigenvalue weighted by atomic mass is 14.3. The van der Waals surface area contributed by atoms with Crippen LogP contribution < -0.4 is 0 Å². The van der Waals surface area contributed by atoms with Gasteiger partial charge >= 0.3 is 0 Å². The molecule has 15 heavy (non-hydrogen) atoms. The van der Waals surface area contributed by atoms with Crippen LogP contribution in [0.25, 0.3) is 0 Å². The van der Waals surface area contributed by atoms with Crippen LogP contribution in [0.5, 0.6) is 0 Å². The van der Waals surface area contributed by atoms with Gasteiger partial charge in [0.05, 0.1) is 0 Å². The molecule has 3 aliphatic rings. The average molecular weight is 206 g/mol. The number of hydrogen-bond acceptors (Lipinski definition) is 0. The van der Waals surface area contributed by atoms with Crippen molar-refractivity contribution in [1.82, 2.24) is 0 Å². The Kier molecular flexibility index (Phi) is 4.76. The Balaban J connectivity index is 0.000000114. The summed E-state index contributed by atoms with van der Waals surface area (Å²) in [6.45, 7) is 0. The van der Waals surface area contributed by atoms with Gasteiger partial charge in [0.15, 0.2) is 0 Å². The van der Waals surface area contributed by atoms with Gasteiger partial charge < -0.3 is 0 Å². The van der Waals surface area contributed by atoms with Crippen molar-refractivity contribution in [1.29, 1.82) is 0 Å². The summed E-state index contributed by atoms with van der Waals surface area (Å²) >= 11 is 0. The monoisotopic (exact) mass is 206 g/mol. The summed E-state index contributed by atoms with van der Waals surface area (Å²) in [5.74, 6) is 1.98. The molecule has 0 spiro atoms. The third kappa shape index (κ3) is 4.01. The number of rotatable bonds is 0. The maximum absolute atomic E-state index is 2.38. The fourth-order valence-corrected chi connectivity index (χ4v) is 3.13. The van der Waals surface area contributed by atoms with Crippen LogP contribution in [0.4, 0.5) is 0 Å². The fourth-order valence-electron chi connectivity index (χ4n) is 3.13. The highest BCUT2D eigenvalue weighted by Crippen LogP contribution is 2.38. The van der Waals surface area contributed by atoms with E-state index in [1.54, 1.807) is 0 Å². The molecule has 86 valence electrons. The molecule has 2 bridgehead atoms. The Morgan fingerprint density at radius 3 is 1.00 bits per heavy atom. The molecule has 0 aromatic heterocycles. The van der Waals surface area contributed by atoms with Gasteiger partial charge in [-0.1, -0.05) is 63.5 Å². The molecule has 0 saturated heterocycles. The number of allylic oxidation sites excluding steroid dienone is 2. The lowest BCUT2D eigenvalue weighted by atomic mass is 10.0.